The second-order valence-electron chi connectivity index (χ2n) is 7.40. The normalized spacial score (nSPS) is 16.9. The van der Waals surface area contributed by atoms with E-state index in [0.29, 0.717) is 0 Å². The number of aliphatic imine (C=N–C) groups is 1. The quantitative estimate of drug-likeness (QED) is 0.629. The minimum atomic E-state index is 0.0615. The Bertz CT molecular complexity index is 732. The summed E-state index contributed by atoms with van der Waals surface area (Å²) in [4.78, 5) is 7.27. The molecule has 0 atom stereocenters. The molecule has 1 aromatic carbocycles. The van der Waals surface area contributed by atoms with Crippen LogP contribution in [0.25, 0.3) is 0 Å². The van der Waals surface area contributed by atoms with E-state index in [0.717, 1.165) is 51.6 Å². The van der Waals surface area contributed by atoms with E-state index in [2.05, 4.69) is 84.5 Å². The smallest absolute Gasteiger partial charge is 0.194 e. The summed E-state index contributed by atoms with van der Waals surface area (Å²) in [5.41, 5.74) is 2.70. The molecule has 0 bridgehead atoms. The highest BCUT2D eigenvalue weighted by atomic mass is 16.5. The number of nitrogens with one attached hydrogen (secondary N) is 1. The molecule has 1 aliphatic rings. The van der Waals surface area contributed by atoms with E-state index in [1.807, 2.05) is 0 Å². The molecule has 1 saturated heterocycles. The zero-order valence-corrected chi connectivity index (χ0v) is 16.8. The first-order valence-electron chi connectivity index (χ1n) is 9.87. The van der Waals surface area contributed by atoms with Crippen molar-refractivity contribution in [1.82, 2.24) is 14.8 Å². The molecule has 0 amide bonds. The highest BCUT2D eigenvalue weighted by molar-refractivity contribution is 5.79. The van der Waals surface area contributed by atoms with Gasteiger partial charge in [0.05, 0.1) is 13.1 Å². The molecule has 5 heteroatoms. The standard InChI is InChI=1S/C22H32N4O/c1-4-23-21(26(3)17-20-11-8-14-25(20)2)24-18-22(12-15-27-16-13-22)19-9-6-5-7-10-19/h5-11,14H,4,12-13,15-18H2,1-3H3,(H,23,24). The van der Waals surface area contributed by atoms with Crippen LogP contribution in [0.2, 0.25) is 0 Å². The van der Waals surface area contributed by atoms with Gasteiger partial charge in [-0.15, -0.1) is 0 Å². The first kappa shape index (κ1) is 19.5. The van der Waals surface area contributed by atoms with Crippen LogP contribution in [0.1, 0.15) is 31.0 Å². The Morgan fingerprint density at radius 2 is 1.93 bits per heavy atom. The fourth-order valence-electron chi connectivity index (χ4n) is 3.77. The summed E-state index contributed by atoms with van der Waals surface area (Å²) in [7, 11) is 4.19. The average Bonchev–Trinajstić information content (AvgIpc) is 3.11. The van der Waals surface area contributed by atoms with Gasteiger partial charge in [0.15, 0.2) is 5.96 Å². The summed E-state index contributed by atoms with van der Waals surface area (Å²) in [6.45, 7) is 6.20. The van der Waals surface area contributed by atoms with Crippen molar-refractivity contribution in [1.29, 1.82) is 0 Å². The Morgan fingerprint density at radius 3 is 2.56 bits per heavy atom. The predicted molar refractivity (Wildman–Crippen MR) is 111 cm³/mol. The van der Waals surface area contributed by atoms with Crippen molar-refractivity contribution in [2.24, 2.45) is 12.0 Å². The molecule has 2 heterocycles. The van der Waals surface area contributed by atoms with Crippen molar-refractivity contribution in [2.75, 3.05) is 33.4 Å². The zero-order chi connectivity index (χ0) is 19.1. The number of nitrogens with zero attached hydrogens (tertiary/aromatic N) is 3. The van der Waals surface area contributed by atoms with Gasteiger partial charge in [0, 0.05) is 51.2 Å². The highest BCUT2D eigenvalue weighted by Gasteiger charge is 2.34. The van der Waals surface area contributed by atoms with Crippen LogP contribution in [0.5, 0.6) is 0 Å². The molecular formula is C22H32N4O. The second kappa shape index (κ2) is 9.09. The highest BCUT2D eigenvalue weighted by Crippen LogP contribution is 2.35. The molecule has 1 aliphatic heterocycles. The topological polar surface area (TPSA) is 41.8 Å². The summed E-state index contributed by atoms with van der Waals surface area (Å²) >= 11 is 0. The maximum atomic E-state index is 5.65. The predicted octanol–water partition coefficient (Wildman–Crippen LogP) is 3.17. The van der Waals surface area contributed by atoms with Gasteiger partial charge in [0.2, 0.25) is 0 Å². The number of benzene rings is 1. The first-order valence-corrected chi connectivity index (χ1v) is 9.87. The molecule has 1 aromatic heterocycles. The van der Waals surface area contributed by atoms with Crippen molar-refractivity contribution in [2.45, 2.75) is 31.7 Å². The van der Waals surface area contributed by atoms with Gasteiger partial charge in [-0.1, -0.05) is 30.3 Å². The van der Waals surface area contributed by atoms with Gasteiger partial charge in [-0.25, -0.2) is 0 Å². The van der Waals surface area contributed by atoms with E-state index in [-0.39, 0.29) is 5.41 Å². The summed E-state index contributed by atoms with van der Waals surface area (Å²) in [6.07, 6.45) is 4.11. The first-order chi connectivity index (χ1) is 13.1. The van der Waals surface area contributed by atoms with Crippen molar-refractivity contribution in [3.8, 4) is 0 Å². The molecule has 1 N–H and O–H groups in total. The molecule has 0 radical (unpaired) electrons. The second-order valence-corrected chi connectivity index (χ2v) is 7.40. The van der Waals surface area contributed by atoms with Crippen LogP contribution in [0.3, 0.4) is 0 Å². The van der Waals surface area contributed by atoms with Crippen LogP contribution in [-0.4, -0.2) is 48.8 Å². The number of hydrogen-bond donors (Lipinski definition) is 1. The van der Waals surface area contributed by atoms with Crippen LogP contribution in [0.4, 0.5) is 0 Å². The third-order valence-electron chi connectivity index (χ3n) is 5.51. The number of guanidine groups is 1. The Kier molecular flexibility index (Phi) is 6.56. The summed E-state index contributed by atoms with van der Waals surface area (Å²) in [5, 5.41) is 3.46. The van der Waals surface area contributed by atoms with E-state index >= 15 is 0 Å². The van der Waals surface area contributed by atoms with E-state index < -0.39 is 0 Å². The van der Waals surface area contributed by atoms with Gasteiger partial charge < -0.3 is 19.5 Å². The lowest BCUT2D eigenvalue weighted by molar-refractivity contribution is 0.0530. The van der Waals surface area contributed by atoms with Crippen molar-refractivity contribution >= 4 is 5.96 Å². The number of rotatable bonds is 6. The SMILES string of the molecule is CCNC(=NCC1(c2ccccc2)CCOCC1)N(C)Cc1cccn1C. The molecule has 0 saturated carbocycles. The molecule has 2 aromatic rings. The van der Waals surface area contributed by atoms with Gasteiger partial charge in [-0.2, -0.15) is 0 Å². The monoisotopic (exact) mass is 368 g/mol. The van der Waals surface area contributed by atoms with Gasteiger partial charge >= 0.3 is 0 Å². The lowest BCUT2D eigenvalue weighted by Crippen LogP contribution is -2.42. The molecule has 5 nitrogen and oxygen atoms in total. The molecule has 0 aliphatic carbocycles. The molecule has 27 heavy (non-hydrogen) atoms. The fraction of sp³-hybridized carbons (Fsp3) is 0.500. The molecule has 0 spiro atoms. The number of aryl methyl sites for hydroxylation is 1. The van der Waals surface area contributed by atoms with Crippen molar-refractivity contribution < 1.29 is 4.74 Å². The average molecular weight is 369 g/mol. The van der Waals surface area contributed by atoms with Gasteiger partial charge in [-0.05, 0) is 37.5 Å². The molecule has 0 unspecified atom stereocenters. The lowest BCUT2D eigenvalue weighted by Gasteiger charge is -2.37. The Morgan fingerprint density at radius 1 is 1.19 bits per heavy atom. The van der Waals surface area contributed by atoms with Crippen LogP contribution in [0.15, 0.2) is 53.7 Å². The third kappa shape index (κ3) is 4.72. The van der Waals surface area contributed by atoms with Crippen molar-refractivity contribution in [3.05, 3.63) is 59.9 Å². The summed E-state index contributed by atoms with van der Waals surface area (Å²) in [5.74, 6) is 0.959. The van der Waals surface area contributed by atoms with Gasteiger partial charge in [0.25, 0.3) is 0 Å². The van der Waals surface area contributed by atoms with Crippen molar-refractivity contribution in [3.63, 3.8) is 0 Å². The summed E-state index contributed by atoms with van der Waals surface area (Å²) < 4.78 is 7.81. The van der Waals surface area contributed by atoms with Gasteiger partial charge in [-0.3, -0.25) is 4.99 Å². The molecular weight excluding hydrogens is 336 g/mol. The summed E-state index contributed by atoms with van der Waals surface area (Å²) in [6, 6.07) is 15.1. The largest absolute Gasteiger partial charge is 0.381 e. The maximum absolute atomic E-state index is 5.65. The number of hydrogen-bond acceptors (Lipinski definition) is 2. The van der Waals surface area contributed by atoms with E-state index in [9.17, 15) is 0 Å². The Hall–Kier alpha value is -2.27. The van der Waals surface area contributed by atoms with E-state index in [1.54, 1.807) is 0 Å². The maximum Gasteiger partial charge on any atom is 0.194 e. The zero-order valence-electron chi connectivity index (χ0n) is 16.8. The lowest BCUT2D eigenvalue weighted by atomic mass is 9.74. The van der Waals surface area contributed by atoms with Crippen LogP contribution >= 0.6 is 0 Å². The van der Waals surface area contributed by atoms with Crippen LogP contribution < -0.4 is 5.32 Å². The molecule has 146 valence electrons. The third-order valence-corrected chi connectivity index (χ3v) is 5.51. The van der Waals surface area contributed by atoms with E-state index in [4.69, 9.17) is 9.73 Å². The Balaban J connectivity index is 1.80. The Labute approximate surface area is 163 Å². The minimum Gasteiger partial charge on any atom is -0.381 e. The molecule has 1 fully saturated rings. The number of ether oxygens (including phenoxy) is 1. The number of aromatic nitrogens is 1. The van der Waals surface area contributed by atoms with Crippen LogP contribution in [0, 0.1) is 0 Å². The van der Waals surface area contributed by atoms with Gasteiger partial charge in [0.1, 0.15) is 0 Å². The minimum absolute atomic E-state index is 0.0615. The van der Waals surface area contributed by atoms with E-state index in [1.165, 1.54) is 11.3 Å². The van der Waals surface area contributed by atoms with Crippen LogP contribution in [-0.2, 0) is 23.7 Å². The molecule has 3 rings (SSSR count). The fourth-order valence-corrected chi connectivity index (χ4v) is 3.77.